The van der Waals surface area contributed by atoms with Crippen LogP contribution in [0, 0.1) is 0 Å². The van der Waals surface area contributed by atoms with E-state index in [9.17, 15) is 4.79 Å². The smallest absolute Gasteiger partial charge is 0.259 e. The summed E-state index contributed by atoms with van der Waals surface area (Å²) in [5.41, 5.74) is 1.11. The number of para-hydroxylation sites is 1. The van der Waals surface area contributed by atoms with Gasteiger partial charge >= 0.3 is 0 Å². The number of nitrogens with zero attached hydrogens (tertiary/aromatic N) is 1. The van der Waals surface area contributed by atoms with E-state index in [1.165, 1.54) is 7.11 Å². The molecule has 0 unspecified atom stereocenters. The van der Waals surface area contributed by atoms with Gasteiger partial charge in [0.15, 0.2) is 11.5 Å². The van der Waals surface area contributed by atoms with E-state index in [4.69, 9.17) is 14.2 Å². The van der Waals surface area contributed by atoms with E-state index in [0.29, 0.717) is 22.7 Å². The number of carbonyl (C=O) groups is 1. The number of amides is 1. The Hall–Kier alpha value is -2.73. The first-order valence-electron chi connectivity index (χ1n) is 9.08. The van der Waals surface area contributed by atoms with E-state index in [1.807, 2.05) is 24.3 Å². The van der Waals surface area contributed by atoms with Crippen LogP contribution in [0.5, 0.6) is 17.2 Å². The third-order valence-electron chi connectivity index (χ3n) is 4.73. The van der Waals surface area contributed by atoms with Crippen LogP contribution < -0.4 is 19.5 Å². The van der Waals surface area contributed by atoms with Gasteiger partial charge in [0.2, 0.25) is 0 Å². The van der Waals surface area contributed by atoms with Gasteiger partial charge < -0.3 is 24.4 Å². The van der Waals surface area contributed by atoms with Crippen LogP contribution in [0.1, 0.15) is 23.2 Å². The number of benzene rings is 2. The topological polar surface area (TPSA) is 60.0 Å². The molecule has 1 amide bonds. The molecule has 6 nitrogen and oxygen atoms in total. The Bertz CT molecular complexity index is 768. The van der Waals surface area contributed by atoms with Crippen molar-refractivity contribution >= 4 is 11.6 Å². The van der Waals surface area contributed by atoms with E-state index in [0.717, 1.165) is 31.7 Å². The molecule has 3 rings (SSSR count). The van der Waals surface area contributed by atoms with Gasteiger partial charge in [0.25, 0.3) is 5.91 Å². The third-order valence-corrected chi connectivity index (χ3v) is 4.73. The van der Waals surface area contributed by atoms with Crippen molar-refractivity contribution in [3.63, 3.8) is 0 Å². The number of nitrogens with one attached hydrogen (secondary N) is 1. The van der Waals surface area contributed by atoms with Gasteiger partial charge in [0, 0.05) is 18.8 Å². The van der Waals surface area contributed by atoms with Crippen molar-refractivity contribution in [3.05, 3.63) is 48.0 Å². The Morgan fingerprint density at radius 3 is 2.37 bits per heavy atom. The number of carbonyl (C=O) groups excluding carboxylic acids is 1. The first-order chi connectivity index (χ1) is 13.1. The summed E-state index contributed by atoms with van der Waals surface area (Å²) in [6.07, 6.45) is 2.32. The molecule has 1 aliphatic rings. The van der Waals surface area contributed by atoms with Crippen molar-refractivity contribution < 1.29 is 19.0 Å². The van der Waals surface area contributed by atoms with Gasteiger partial charge in [0.05, 0.1) is 19.8 Å². The summed E-state index contributed by atoms with van der Waals surface area (Å²) in [7, 11) is 5.19. The zero-order chi connectivity index (χ0) is 19.2. The molecule has 0 atom stereocenters. The van der Waals surface area contributed by atoms with Gasteiger partial charge in [-0.05, 0) is 56.3 Å². The molecule has 2 aromatic carbocycles. The van der Waals surface area contributed by atoms with Crippen LogP contribution in [0.3, 0.4) is 0 Å². The Labute approximate surface area is 160 Å². The van der Waals surface area contributed by atoms with E-state index < -0.39 is 0 Å². The first kappa shape index (κ1) is 19.0. The minimum atomic E-state index is -0.255. The van der Waals surface area contributed by atoms with Crippen LogP contribution in [0.25, 0.3) is 0 Å². The summed E-state index contributed by atoms with van der Waals surface area (Å²) in [5.74, 6) is 1.50. The number of hydrogen-bond acceptors (Lipinski definition) is 5. The lowest BCUT2D eigenvalue weighted by molar-refractivity contribution is 0.102. The first-order valence-corrected chi connectivity index (χ1v) is 9.08. The molecule has 1 heterocycles. The summed E-state index contributed by atoms with van der Waals surface area (Å²) in [4.78, 5) is 14.9. The molecular weight excluding hydrogens is 344 g/mol. The van der Waals surface area contributed by atoms with Gasteiger partial charge in [0.1, 0.15) is 11.9 Å². The van der Waals surface area contributed by atoms with Crippen LogP contribution in [0.4, 0.5) is 5.69 Å². The molecule has 0 aromatic heterocycles. The maximum Gasteiger partial charge on any atom is 0.259 e. The molecule has 6 heteroatoms. The van der Waals surface area contributed by atoms with Crippen LogP contribution in [-0.4, -0.2) is 51.3 Å². The van der Waals surface area contributed by atoms with E-state index in [1.54, 1.807) is 25.3 Å². The average molecular weight is 370 g/mol. The summed E-state index contributed by atoms with van der Waals surface area (Å²) in [5, 5.41) is 2.88. The zero-order valence-electron chi connectivity index (χ0n) is 16.0. The molecule has 0 radical (unpaired) electrons. The van der Waals surface area contributed by atoms with Gasteiger partial charge in [-0.15, -0.1) is 0 Å². The number of likely N-dealkylation sites (tertiary alicyclic amines) is 1. The molecule has 0 bridgehead atoms. The molecule has 1 saturated heterocycles. The summed E-state index contributed by atoms with van der Waals surface area (Å²) >= 11 is 0. The Kier molecular flexibility index (Phi) is 6.19. The minimum absolute atomic E-state index is 0.252. The molecule has 144 valence electrons. The van der Waals surface area contributed by atoms with Crippen molar-refractivity contribution in [2.45, 2.75) is 18.9 Å². The Morgan fingerprint density at radius 2 is 1.74 bits per heavy atom. The number of rotatable bonds is 6. The molecule has 2 aromatic rings. The molecule has 1 aliphatic heterocycles. The third kappa shape index (κ3) is 4.71. The quantitative estimate of drug-likeness (QED) is 0.844. The fraction of sp³-hybridized carbons (Fsp3) is 0.381. The van der Waals surface area contributed by atoms with Crippen molar-refractivity contribution in [1.29, 1.82) is 0 Å². The van der Waals surface area contributed by atoms with Gasteiger partial charge in [-0.1, -0.05) is 6.07 Å². The van der Waals surface area contributed by atoms with E-state index in [2.05, 4.69) is 17.3 Å². The highest BCUT2D eigenvalue weighted by Gasteiger charge is 2.19. The predicted molar refractivity (Wildman–Crippen MR) is 105 cm³/mol. The van der Waals surface area contributed by atoms with Crippen molar-refractivity contribution in [3.8, 4) is 17.2 Å². The van der Waals surface area contributed by atoms with Crippen molar-refractivity contribution in [2.75, 3.05) is 39.7 Å². The normalized spacial score (nSPS) is 15.2. The second-order valence-corrected chi connectivity index (χ2v) is 6.64. The molecule has 1 fully saturated rings. The van der Waals surface area contributed by atoms with E-state index in [-0.39, 0.29) is 12.0 Å². The average Bonchev–Trinajstić information content (AvgIpc) is 2.70. The fourth-order valence-corrected chi connectivity index (χ4v) is 3.18. The van der Waals surface area contributed by atoms with Gasteiger partial charge in [-0.2, -0.15) is 0 Å². The van der Waals surface area contributed by atoms with Crippen molar-refractivity contribution in [1.82, 2.24) is 4.90 Å². The van der Waals surface area contributed by atoms with Crippen LogP contribution in [0.2, 0.25) is 0 Å². The molecule has 27 heavy (non-hydrogen) atoms. The lowest BCUT2D eigenvalue weighted by Gasteiger charge is -2.29. The Morgan fingerprint density at radius 1 is 1.04 bits per heavy atom. The maximum absolute atomic E-state index is 12.6. The number of methoxy groups -OCH3 is 2. The van der Waals surface area contributed by atoms with Gasteiger partial charge in [-0.3, -0.25) is 4.79 Å². The number of ether oxygens (including phenoxy) is 3. The molecule has 1 N–H and O–H groups in total. The maximum atomic E-state index is 12.6. The van der Waals surface area contributed by atoms with Crippen LogP contribution in [0.15, 0.2) is 42.5 Å². The SMILES string of the molecule is COc1cccc(C(=O)Nc2ccc(OC3CCN(C)CC3)cc2)c1OC. The highest BCUT2D eigenvalue weighted by Crippen LogP contribution is 2.31. The van der Waals surface area contributed by atoms with E-state index >= 15 is 0 Å². The van der Waals surface area contributed by atoms with Crippen LogP contribution >= 0.6 is 0 Å². The molecule has 0 saturated carbocycles. The van der Waals surface area contributed by atoms with Crippen molar-refractivity contribution in [2.24, 2.45) is 0 Å². The largest absolute Gasteiger partial charge is 0.493 e. The van der Waals surface area contributed by atoms with Gasteiger partial charge in [-0.25, -0.2) is 0 Å². The summed E-state index contributed by atoms with van der Waals surface area (Å²) in [6.45, 7) is 2.11. The monoisotopic (exact) mass is 370 g/mol. The minimum Gasteiger partial charge on any atom is -0.493 e. The highest BCUT2D eigenvalue weighted by atomic mass is 16.5. The second kappa shape index (κ2) is 8.77. The zero-order valence-corrected chi connectivity index (χ0v) is 16.0. The summed E-state index contributed by atoms with van der Waals surface area (Å²) in [6, 6.07) is 12.7. The lowest BCUT2D eigenvalue weighted by Crippen LogP contribution is -2.35. The Balaban J connectivity index is 1.64. The lowest BCUT2D eigenvalue weighted by atomic mass is 10.1. The molecular formula is C21H26N2O4. The van der Waals surface area contributed by atoms with Crippen LogP contribution in [-0.2, 0) is 0 Å². The fourth-order valence-electron chi connectivity index (χ4n) is 3.18. The number of piperidine rings is 1. The summed E-state index contributed by atoms with van der Waals surface area (Å²) < 4.78 is 16.6. The number of anilines is 1. The predicted octanol–water partition coefficient (Wildman–Crippen LogP) is 3.43. The standard InChI is InChI=1S/C21H26N2O4/c1-23-13-11-17(12-14-23)27-16-9-7-15(8-10-16)22-21(24)18-5-4-6-19(25-2)20(18)26-3/h4-10,17H,11-14H2,1-3H3,(H,22,24). The second-order valence-electron chi connectivity index (χ2n) is 6.64. The number of hydrogen-bond donors (Lipinski definition) is 1. The molecule has 0 spiro atoms. The highest BCUT2D eigenvalue weighted by molar-refractivity contribution is 6.06. The molecule has 0 aliphatic carbocycles.